The van der Waals surface area contributed by atoms with E-state index in [1.54, 1.807) is 7.11 Å². The van der Waals surface area contributed by atoms with Crippen molar-refractivity contribution in [2.45, 2.75) is 0 Å². The first-order valence-corrected chi connectivity index (χ1v) is 4.38. The molecule has 0 aliphatic carbocycles. The topological polar surface area (TPSA) is 51.0 Å². The molecule has 1 heterocycles. The Hall–Kier alpha value is -1.90. The number of H-pyrrole nitrogens is 1. The van der Waals surface area contributed by atoms with Crippen LogP contribution in [0.4, 0.5) is 5.69 Å². The van der Waals surface area contributed by atoms with Crippen molar-refractivity contribution in [3.05, 3.63) is 36.7 Å². The third-order valence-corrected chi connectivity index (χ3v) is 2.17. The maximum atomic E-state index is 5.87. The van der Waals surface area contributed by atoms with Crippen LogP contribution in [-0.4, -0.2) is 12.1 Å². The van der Waals surface area contributed by atoms with E-state index < -0.39 is 0 Å². The van der Waals surface area contributed by atoms with E-state index in [4.69, 9.17) is 10.5 Å². The second-order valence-electron chi connectivity index (χ2n) is 3.05. The SMILES string of the molecule is COc1ccc(N)c(-c2cc[nH]c2)c1. The largest absolute Gasteiger partial charge is 0.497 e. The normalized spacial score (nSPS) is 10.1. The number of benzene rings is 1. The van der Waals surface area contributed by atoms with Gasteiger partial charge in [0.05, 0.1) is 7.11 Å². The molecule has 0 amide bonds. The Morgan fingerprint density at radius 3 is 2.79 bits per heavy atom. The van der Waals surface area contributed by atoms with Crippen molar-refractivity contribution in [2.75, 3.05) is 12.8 Å². The summed E-state index contributed by atoms with van der Waals surface area (Å²) < 4.78 is 5.14. The van der Waals surface area contributed by atoms with Crippen molar-refractivity contribution >= 4 is 5.69 Å². The lowest BCUT2D eigenvalue weighted by molar-refractivity contribution is 0.415. The Morgan fingerprint density at radius 1 is 1.29 bits per heavy atom. The number of methoxy groups -OCH3 is 1. The van der Waals surface area contributed by atoms with Gasteiger partial charge in [0.15, 0.2) is 0 Å². The van der Waals surface area contributed by atoms with Crippen LogP contribution in [0.15, 0.2) is 36.7 Å². The van der Waals surface area contributed by atoms with Crippen LogP contribution in [0.3, 0.4) is 0 Å². The van der Waals surface area contributed by atoms with Gasteiger partial charge in [0.25, 0.3) is 0 Å². The molecule has 14 heavy (non-hydrogen) atoms. The number of hydrogen-bond acceptors (Lipinski definition) is 2. The van der Waals surface area contributed by atoms with E-state index in [0.717, 1.165) is 22.6 Å². The fourth-order valence-electron chi connectivity index (χ4n) is 1.40. The predicted octanol–water partition coefficient (Wildman–Crippen LogP) is 2.27. The summed E-state index contributed by atoms with van der Waals surface area (Å²) in [4.78, 5) is 3.00. The number of nitrogens with one attached hydrogen (secondary N) is 1. The summed E-state index contributed by atoms with van der Waals surface area (Å²) in [6, 6.07) is 7.61. The fraction of sp³-hybridized carbons (Fsp3) is 0.0909. The summed E-state index contributed by atoms with van der Waals surface area (Å²) in [7, 11) is 1.65. The average Bonchev–Trinajstić information content (AvgIpc) is 2.71. The van der Waals surface area contributed by atoms with Gasteiger partial charge in [-0.25, -0.2) is 0 Å². The molecule has 0 fully saturated rings. The number of nitrogens with two attached hydrogens (primary N) is 1. The Morgan fingerprint density at radius 2 is 2.14 bits per heavy atom. The first-order valence-electron chi connectivity index (χ1n) is 4.38. The molecule has 3 nitrogen and oxygen atoms in total. The van der Waals surface area contributed by atoms with Crippen molar-refractivity contribution in [2.24, 2.45) is 0 Å². The molecule has 3 heteroatoms. The minimum Gasteiger partial charge on any atom is -0.497 e. The lowest BCUT2D eigenvalue weighted by Crippen LogP contribution is -1.90. The van der Waals surface area contributed by atoms with E-state index in [0.29, 0.717) is 0 Å². The predicted molar refractivity (Wildman–Crippen MR) is 57.2 cm³/mol. The Balaban J connectivity index is 2.51. The summed E-state index contributed by atoms with van der Waals surface area (Å²) in [5, 5.41) is 0. The van der Waals surface area contributed by atoms with Crippen LogP contribution in [0.2, 0.25) is 0 Å². The van der Waals surface area contributed by atoms with Crippen LogP contribution in [0, 0.1) is 0 Å². The van der Waals surface area contributed by atoms with E-state index in [9.17, 15) is 0 Å². The summed E-state index contributed by atoms with van der Waals surface area (Å²) in [6.07, 6.45) is 3.78. The van der Waals surface area contributed by atoms with Crippen molar-refractivity contribution in [1.29, 1.82) is 0 Å². The van der Waals surface area contributed by atoms with Gasteiger partial charge in [-0.1, -0.05) is 0 Å². The van der Waals surface area contributed by atoms with Gasteiger partial charge < -0.3 is 15.5 Å². The standard InChI is InChI=1S/C11H12N2O/c1-14-9-2-3-11(12)10(6-9)8-4-5-13-7-8/h2-7,13H,12H2,1H3. The fourth-order valence-corrected chi connectivity index (χ4v) is 1.40. The second-order valence-corrected chi connectivity index (χ2v) is 3.05. The number of ether oxygens (including phenoxy) is 1. The quantitative estimate of drug-likeness (QED) is 0.710. The van der Waals surface area contributed by atoms with Crippen LogP contribution in [0.5, 0.6) is 5.75 Å². The van der Waals surface area contributed by atoms with Crippen molar-refractivity contribution in [3.8, 4) is 16.9 Å². The number of aromatic amines is 1. The third kappa shape index (κ3) is 1.44. The van der Waals surface area contributed by atoms with E-state index in [2.05, 4.69) is 4.98 Å². The number of hydrogen-bond donors (Lipinski definition) is 2. The first-order chi connectivity index (χ1) is 6.81. The third-order valence-electron chi connectivity index (χ3n) is 2.17. The van der Waals surface area contributed by atoms with Crippen LogP contribution < -0.4 is 10.5 Å². The molecule has 2 aromatic rings. The van der Waals surface area contributed by atoms with Crippen molar-refractivity contribution in [1.82, 2.24) is 4.98 Å². The summed E-state index contributed by atoms with van der Waals surface area (Å²) in [5.41, 5.74) is 8.68. The second kappa shape index (κ2) is 3.46. The highest BCUT2D eigenvalue weighted by Gasteiger charge is 2.04. The zero-order chi connectivity index (χ0) is 9.97. The molecule has 2 rings (SSSR count). The van der Waals surface area contributed by atoms with Gasteiger partial charge in [0, 0.05) is 29.2 Å². The minimum atomic E-state index is 0.755. The molecule has 3 N–H and O–H groups in total. The molecule has 0 saturated heterocycles. The van der Waals surface area contributed by atoms with Gasteiger partial charge in [0.1, 0.15) is 5.75 Å². The molecule has 0 aliphatic rings. The summed E-state index contributed by atoms with van der Waals surface area (Å²) >= 11 is 0. The van der Waals surface area contributed by atoms with E-state index in [-0.39, 0.29) is 0 Å². The molecule has 0 radical (unpaired) electrons. The molecular formula is C11H12N2O. The maximum absolute atomic E-state index is 5.87. The number of rotatable bonds is 2. The zero-order valence-electron chi connectivity index (χ0n) is 7.95. The van der Waals surface area contributed by atoms with Gasteiger partial charge in [-0.15, -0.1) is 0 Å². The Labute approximate surface area is 82.5 Å². The summed E-state index contributed by atoms with van der Waals surface area (Å²) in [6.45, 7) is 0. The Kier molecular flexibility index (Phi) is 2.14. The molecule has 1 aromatic heterocycles. The van der Waals surface area contributed by atoms with Crippen LogP contribution in [0.25, 0.3) is 11.1 Å². The van der Waals surface area contributed by atoms with Gasteiger partial charge >= 0.3 is 0 Å². The van der Waals surface area contributed by atoms with Gasteiger partial charge in [-0.3, -0.25) is 0 Å². The molecule has 1 aromatic carbocycles. The monoisotopic (exact) mass is 188 g/mol. The van der Waals surface area contributed by atoms with Gasteiger partial charge in [-0.2, -0.15) is 0 Å². The van der Waals surface area contributed by atoms with E-state index >= 15 is 0 Å². The van der Waals surface area contributed by atoms with Crippen LogP contribution >= 0.6 is 0 Å². The van der Waals surface area contributed by atoms with Crippen LogP contribution in [-0.2, 0) is 0 Å². The highest BCUT2D eigenvalue weighted by atomic mass is 16.5. The number of anilines is 1. The van der Waals surface area contributed by atoms with E-state index in [1.807, 2.05) is 36.7 Å². The summed E-state index contributed by atoms with van der Waals surface area (Å²) in [5.74, 6) is 0.815. The highest BCUT2D eigenvalue weighted by molar-refractivity contribution is 5.77. The van der Waals surface area contributed by atoms with Crippen LogP contribution in [0.1, 0.15) is 0 Å². The molecule has 0 atom stereocenters. The molecule has 0 aliphatic heterocycles. The average molecular weight is 188 g/mol. The molecular weight excluding hydrogens is 176 g/mol. The lowest BCUT2D eigenvalue weighted by Gasteiger charge is -2.06. The molecule has 72 valence electrons. The molecule has 0 bridgehead atoms. The first kappa shape index (κ1) is 8.69. The smallest absolute Gasteiger partial charge is 0.119 e. The minimum absolute atomic E-state index is 0.755. The van der Waals surface area contributed by atoms with E-state index in [1.165, 1.54) is 0 Å². The van der Waals surface area contributed by atoms with Crippen molar-refractivity contribution in [3.63, 3.8) is 0 Å². The molecule has 0 saturated carbocycles. The lowest BCUT2D eigenvalue weighted by atomic mass is 10.1. The number of nitrogen functional groups attached to an aromatic ring is 1. The maximum Gasteiger partial charge on any atom is 0.119 e. The molecule has 0 spiro atoms. The zero-order valence-corrected chi connectivity index (χ0v) is 7.95. The molecule has 0 unspecified atom stereocenters. The number of aromatic nitrogens is 1. The van der Waals surface area contributed by atoms with Crippen molar-refractivity contribution < 1.29 is 4.74 Å². The Bertz CT molecular complexity index is 421. The van der Waals surface area contributed by atoms with Gasteiger partial charge in [0.2, 0.25) is 0 Å². The highest BCUT2D eigenvalue weighted by Crippen LogP contribution is 2.29. The van der Waals surface area contributed by atoms with Gasteiger partial charge in [-0.05, 0) is 24.3 Å².